The molecule has 0 bridgehead atoms. The number of carbonyl (C=O) groups is 1. The van der Waals surface area contributed by atoms with Gasteiger partial charge in [0.15, 0.2) is 0 Å². The number of hydrogen-bond donors (Lipinski definition) is 2. The van der Waals surface area contributed by atoms with Crippen molar-refractivity contribution in [1.82, 2.24) is 5.32 Å². The second-order valence-corrected chi connectivity index (χ2v) is 4.86. The summed E-state index contributed by atoms with van der Waals surface area (Å²) in [5.74, 6) is 0.126. The summed E-state index contributed by atoms with van der Waals surface area (Å²) in [4.78, 5) is 12.2. The summed E-state index contributed by atoms with van der Waals surface area (Å²) in [6.45, 7) is 1.06. The zero-order valence-electron chi connectivity index (χ0n) is 10.1. The third-order valence-corrected chi connectivity index (χ3v) is 3.73. The Kier molecular flexibility index (Phi) is 3.79. The molecule has 0 unspecified atom stereocenters. The molecule has 1 aliphatic rings. The molecule has 0 aromatic heterocycles. The predicted molar refractivity (Wildman–Crippen MR) is 68.2 cm³/mol. The smallest absolute Gasteiger partial charge is 0.227 e. The van der Waals surface area contributed by atoms with E-state index in [-0.39, 0.29) is 11.3 Å². The largest absolute Gasteiger partial charge is 0.352 e. The van der Waals surface area contributed by atoms with E-state index in [1.807, 2.05) is 30.3 Å². The number of benzene rings is 1. The highest BCUT2D eigenvalue weighted by molar-refractivity contribution is 5.83. The molecule has 1 aromatic carbocycles. The summed E-state index contributed by atoms with van der Waals surface area (Å²) in [5, 5.41) is 3.01. The van der Waals surface area contributed by atoms with E-state index in [1.54, 1.807) is 0 Å². The molecule has 1 aromatic rings. The minimum atomic E-state index is -0.297. The van der Waals surface area contributed by atoms with E-state index in [1.165, 1.54) is 0 Å². The van der Waals surface area contributed by atoms with Crippen molar-refractivity contribution in [1.29, 1.82) is 0 Å². The number of nitrogens with one attached hydrogen (secondary N) is 1. The molecule has 1 fully saturated rings. The van der Waals surface area contributed by atoms with Crippen LogP contribution in [0.5, 0.6) is 0 Å². The highest BCUT2D eigenvalue weighted by Gasteiger charge is 2.39. The van der Waals surface area contributed by atoms with E-state index in [4.69, 9.17) is 5.73 Å². The minimum absolute atomic E-state index is 0.126. The predicted octanol–water partition coefficient (Wildman–Crippen LogP) is 1.82. The first-order valence-electron chi connectivity index (χ1n) is 6.29. The minimum Gasteiger partial charge on any atom is -0.352 e. The first-order chi connectivity index (χ1) is 8.27. The van der Waals surface area contributed by atoms with Crippen molar-refractivity contribution in [2.75, 3.05) is 6.54 Å². The zero-order valence-corrected chi connectivity index (χ0v) is 10.1. The molecule has 92 valence electrons. The molecule has 2 rings (SSSR count). The molecule has 3 N–H and O–H groups in total. The Morgan fingerprint density at radius 3 is 2.47 bits per heavy atom. The van der Waals surface area contributed by atoms with Gasteiger partial charge in [-0.05, 0) is 18.4 Å². The topological polar surface area (TPSA) is 55.1 Å². The van der Waals surface area contributed by atoms with Gasteiger partial charge in [0.2, 0.25) is 5.91 Å². The Hall–Kier alpha value is -1.35. The van der Waals surface area contributed by atoms with Gasteiger partial charge >= 0.3 is 0 Å². The van der Waals surface area contributed by atoms with Crippen molar-refractivity contribution < 1.29 is 4.79 Å². The van der Waals surface area contributed by atoms with Gasteiger partial charge in [-0.25, -0.2) is 0 Å². The summed E-state index contributed by atoms with van der Waals surface area (Å²) < 4.78 is 0. The van der Waals surface area contributed by atoms with Crippen molar-refractivity contribution in [3.05, 3.63) is 35.9 Å². The second kappa shape index (κ2) is 5.32. The van der Waals surface area contributed by atoms with E-state index in [2.05, 4.69) is 5.32 Å². The fraction of sp³-hybridized carbons (Fsp3) is 0.500. The molecule has 3 heteroatoms. The van der Waals surface area contributed by atoms with Crippen molar-refractivity contribution >= 4 is 5.91 Å². The summed E-state index contributed by atoms with van der Waals surface area (Å²) in [5.41, 5.74) is 6.61. The zero-order chi connectivity index (χ0) is 12.1. The molecule has 0 atom stereocenters. The third-order valence-electron chi connectivity index (χ3n) is 3.73. The van der Waals surface area contributed by atoms with Crippen LogP contribution in [0.1, 0.15) is 31.2 Å². The van der Waals surface area contributed by atoms with Gasteiger partial charge in [0, 0.05) is 13.1 Å². The van der Waals surface area contributed by atoms with Crippen LogP contribution in [0.25, 0.3) is 0 Å². The molecule has 3 nitrogen and oxygen atoms in total. The van der Waals surface area contributed by atoms with Crippen LogP contribution in [-0.2, 0) is 11.3 Å². The highest BCUT2D eigenvalue weighted by Crippen LogP contribution is 2.37. The number of nitrogens with two attached hydrogens (primary N) is 1. The van der Waals surface area contributed by atoms with Crippen molar-refractivity contribution in [3.63, 3.8) is 0 Å². The summed E-state index contributed by atoms with van der Waals surface area (Å²) in [6, 6.07) is 9.98. The van der Waals surface area contributed by atoms with Crippen molar-refractivity contribution in [2.45, 2.75) is 32.2 Å². The first-order valence-corrected chi connectivity index (χ1v) is 6.29. The molecule has 1 amide bonds. The Morgan fingerprint density at radius 1 is 1.24 bits per heavy atom. The van der Waals surface area contributed by atoms with Gasteiger partial charge in [0.25, 0.3) is 0 Å². The van der Waals surface area contributed by atoms with Crippen LogP contribution in [0.15, 0.2) is 30.3 Å². The lowest BCUT2D eigenvalue weighted by Crippen LogP contribution is -2.43. The molecule has 0 saturated heterocycles. The summed E-state index contributed by atoms with van der Waals surface area (Å²) in [7, 11) is 0. The fourth-order valence-corrected chi connectivity index (χ4v) is 2.54. The standard InChI is InChI=1S/C14H20N2O/c15-11-14(8-4-5-9-14)13(17)16-10-12-6-2-1-3-7-12/h1-3,6-7H,4-5,8-11,15H2,(H,16,17). The van der Waals surface area contributed by atoms with E-state index < -0.39 is 0 Å². The Morgan fingerprint density at radius 2 is 1.88 bits per heavy atom. The molecule has 1 saturated carbocycles. The second-order valence-electron chi connectivity index (χ2n) is 4.86. The van der Waals surface area contributed by atoms with E-state index in [0.29, 0.717) is 13.1 Å². The molecule has 17 heavy (non-hydrogen) atoms. The van der Waals surface area contributed by atoms with Crippen LogP contribution >= 0.6 is 0 Å². The quantitative estimate of drug-likeness (QED) is 0.832. The number of amides is 1. The van der Waals surface area contributed by atoms with Crippen LogP contribution in [0.2, 0.25) is 0 Å². The molecule has 0 aliphatic heterocycles. The van der Waals surface area contributed by atoms with Crippen LogP contribution in [0.3, 0.4) is 0 Å². The fourth-order valence-electron chi connectivity index (χ4n) is 2.54. The molecule has 0 radical (unpaired) electrons. The normalized spacial score (nSPS) is 17.9. The van der Waals surface area contributed by atoms with Crippen LogP contribution < -0.4 is 11.1 Å². The number of rotatable bonds is 4. The van der Waals surface area contributed by atoms with Crippen LogP contribution in [0.4, 0.5) is 0 Å². The SMILES string of the molecule is NCC1(C(=O)NCc2ccccc2)CCCC1. The van der Waals surface area contributed by atoms with E-state index >= 15 is 0 Å². The van der Waals surface area contributed by atoms with Gasteiger partial charge in [-0.3, -0.25) is 4.79 Å². The maximum atomic E-state index is 12.2. The van der Waals surface area contributed by atoms with Gasteiger partial charge in [-0.1, -0.05) is 43.2 Å². The van der Waals surface area contributed by atoms with Gasteiger partial charge in [0.05, 0.1) is 5.41 Å². The molecule has 1 aliphatic carbocycles. The van der Waals surface area contributed by atoms with Crippen molar-refractivity contribution in [3.8, 4) is 0 Å². The number of hydrogen-bond acceptors (Lipinski definition) is 2. The third kappa shape index (κ3) is 2.67. The summed E-state index contributed by atoms with van der Waals surface area (Å²) >= 11 is 0. The average molecular weight is 232 g/mol. The van der Waals surface area contributed by atoms with E-state index in [9.17, 15) is 4.79 Å². The highest BCUT2D eigenvalue weighted by atomic mass is 16.2. The van der Waals surface area contributed by atoms with Crippen LogP contribution in [-0.4, -0.2) is 12.5 Å². The van der Waals surface area contributed by atoms with Gasteiger partial charge < -0.3 is 11.1 Å². The lowest BCUT2D eigenvalue weighted by atomic mass is 9.85. The number of carbonyl (C=O) groups excluding carboxylic acids is 1. The van der Waals surface area contributed by atoms with E-state index in [0.717, 1.165) is 31.2 Å². The molecular formula is C14H20N2O. The van der Waals surface area contributed by atoms with Crippen molar-refractivity contribution in [2.24, 2.45) is 11.1 Å². The Bertz CT molecular complexity index is 369. The lowest BCUT2D eigenvalue weighted by molar-refractivity contribution is -0.130. The Balaban J connectivity index is 1.93. The summed E-state index contributed by atoms with van der Waals surface area (Å²) in [6.07, 6.45) is 4.11. The molecule has 0 heterocycles. The first kappa shape index (κ1) is 12.1. The molecule has 0 spiro atoms. The Labute approximate surface area is 102 Å². The average Bonchev–Trinajstić information content (AvgIpc) is 2.87. The molecular weight excluding hydrogens is 212 g/mol. The van der Waals surface area contributed by atoms with Gasteiger partial charge in [0.1, 0.15) is 0 Å². The maximum Gasteiger partial charge on any atom is 0.227 e. The van der Waals surface area contributed by atoms with Gasteiger partial charge in [-0.2, -0.15) is 0 Å². The van der Waals surface area contributed by atoms with Crippen LogP contribution in [0, 0.1) is 5.41 Å². The maximum absolute atomic E-state index is 12.2. The monoisotopic (exact) mass is 232 g/mol. The lowest BCUT2D eigenvalue weighted by Gasteiger charge is -2.25. The van der Waals surface area contributed by atoms with Gasteiger partial charge in [-0.15, -0.1) is 0 Å².